The molecule has 0 fully saturated rings. The monoisotopic (exact) mass is 420 g/mol. The number of nitrogens with zero attached hydrogens (tertiary/aromatic N) is 2. The minimum Gasteiger partial charge on any atom is -0.431 e. The Morgan fingerprint density at radius 2 is 1.19 bits per heavy atom. The van der Waals surface area contributed by atoms with Gasteiger partial charge in [0.1, 0.15) is 11.0 Å². The van der Waals surface area contributed by atoms with Crippen LogP contribution in [0.4, 0.5) is 0 Å². The van der Waals surface area contributed by atoms with E-state index in [-0.39, 0.29) is 0 Å². The maximum atomic E-state index is 6.07. The van der Waals surface area contributed by atoms with Crippen LogP contribution in [-0.4, -0.2) is 9.97 Å². The summed E-state index contributed by atoms with van der Waals surface area (Å²) in [5, 5.41) is 1.02. The summed E-state index contributed by atoms with van der Waals surface area (Å²) >= 11 is 1.29. The highest BCUT2D eigenvalue weighted by Crippen LogP contribution is 2.40. The number of oxazole rings is 2. The molecule has 0 amide bonds. The van der Waals surface area contributed by atoms with Crippen molar-refractivity contribution in [2.45, 2.75) is 10.4 Å². The summed E-state index contributed by atoms with van der Waals surface area (Å²) in [6.45, 7) is 0. The van der Waals surface area contributed by atoms with Gasteiger partial charge in [0.15, 0.2) is 11.2 Å². The van der Waals surface area contributed by atoms with E-state index in [1.807, 2.05) is 66.7 Å². The zero-order chi connectivity index (χ0) is 20.6. The number of aromatic nitrogens is 2. The molecule has 2 heterocycles. The highest BCUT2D eigenvalue weighted by molar-refractivity contribution is 7.98. The van der Waals surface area contributed by atoms with E-state index in [0.717, 1.165) is 44.5 Å². The van der Waals surface area contributed by atoms with Crippen LogP contribution in [0.5, 0.6) is 0 Å². The Bertz CT molecular complexity index is 1470. The van der Waals surface area contributed by atoms with Gasteiger partial charge in [-0.3, -0.25) is 0 Å². The number of rotatable bonds is 4. The second-order valence-electron chi connectivity index (χ2n) is 7.10. The lowest BCUT2D eigenvalue weighted by Crippen LogP contribution is -1.87. The van der Waals surface area contributed by atoms with Crippen molar-refractivity contribution in [3.05, 3.63) is 97.1 Å². The Labute approximate surface area is 182 Å². The maximum Gasteiger partial charge on any atom is 0.266 e. The molecule has 0 saturated carbocycles. The zero-order valence-corrected chi connectivity index (χ0v) is 17.2. The van der Waals surface area contributed by atoms with Gasteiger partial charge in [0.05, 0.1) is 0 Å². The molecule has 0 unspecified atom stereocenters. The van der Waals surface area contributed by atoms with E-state index in [1.54, 1.807) is 0 Å². The summed E-state index contributed by atoms with van der Waals surface area (Å²) in [5.41, 5.74) is 7.53. The van der Waals surface area contributed by atoms with Crippen LogP contribution in [-0.2, 0) is 0 Å². The van der Waals surface area contributed by atoms with E-state index in [4.69, 9.17) is 13.8 Å². The Morgan fingerprint density at radius 3 is 1.97 bits per heavy atom. The number of para-hydroxylation sites is 2. The molecule has 6 aromatic rings. The van der Waals surface area contributed by atoms with Gasteiger partial charge in [0, 0.05) is 17.3 Å². The molecule has 0 bridgehead atoms. The molecule has 0 saturated heterocycles. The third-order valence-electron chi connectivity index (χ3n) is 5.14. The first kappa shape index (κ1) is 18.0. The minimum atomic E-state index is 0.504. The van der Waals surface area contributed by atoms with Crippen LogP contribution >= 0.6 is 11.8 Å². The molecule has 0 spiro atoms. The van der Waals surface area contributed by atoms with E-state index in [9.17, 15) is 0 Å². The molecule has 4 aromatic carbocycles. The molecule has 0 aliphatic carbocycles. The highest BCUT2D eigenvalue weighted by Gasteiger charge is 2.18. The fraction of sp³-hybridized carbons (Fsp3) is 0. The summed E-state index contributed by atoms with van der Waals surface area (Å²) < 4.78 is 11.9. The van der Waals surface area contributed by atoms with Gasteiger partial charge in [-0.2, -0.15) is 0 Å². The molecule has 0 atom stereocenters. The predicted octanol–water partition coefficient (Wildman–Crippen LogP) is 7.45. The van der Waals surface area contributed by atoms with Crippen LogP contribution < -0.4 is 0 Å². The fourth-order valence-corrected chi connectivity index (χ4v) is 4.44. The largest absolute Gasteiger partial charge is 0.431 e. The van der Waals surface area contributed by atoms with Crippen LogP contribution in [0.15, 0.2) is 116 Å². The van der Waals surface area contributed by atoms with E-state index < -0.39 is 0 Å². The Hall–Kier alpha value is -3.83. The lowest BCUT2D eigenvalue weighted by molar-refractivity contribution is 0.465. The molecule has 31 heavy (non-hydrogen) atoms. The normalized spacial score (nSPS) is 11.4. The summed E-state index contributed by atoms with van der Waals surface area (Å²) in [6.07, 6.45) is 0. The number of benzene rings is 4. The standard InChI is InChI=1S/C26H16N2O2S/c1-3-9-17(10-4-1)19-15-16-22-24(23(19)18-11-5-2-6-12-18)28-26(30-22)31-25-27-20-13-7-8-14-21(20)29-25/h1-16H. The summed E-state index contributed by atoms with van der Waals surface area (Å²) in [7, 11) is 0. The summed E-state index contributed by atoms with van der Waals surface area (Å²) in [4.78, 5) is 9.36. The topological polar surface area (TPSA) is 52.1 Å². The third-order valence-corrected chi connectivity index (χ3v) is 5.84. The van der Waals surface area contributed by atoms with Crippen molar-refractivity contribution in [3.8, 4) is 22.3 Å². The first-order valence-electron chi connectivity index (χ1n) is 9.93. The van der Waals surface area contributed by atoms with Gasteiger partial charge in [-0.1, -0.05) is 72.8 Å². The molecular formula is C26H16N2O2S. The lowest BCUT2D eigenvalue weighted by atomic mass is 9.93. The van der Waals surface area contributed by atoms with Crippen LogP contribution in [0.3, 0.4) is 0 Å². The fourth-order valence-electron chi connectivity index (χ4n) is 3.74. The average molecular weight is 420 g/mol. The van der Waals surface area contributed by atoms with Crippen LogP contribution in [0, 0.1) is 0 Å². The molecular weight excluding hydrogens is 404 g/mol. The maximum absolute atomic E-state index is 6.07. The molecule has 5 heteroatoms. The first-order valence-corrected chi connectivity index (χ1v) is 10.7. The Morgan fingerprint density at radius 1 is 0.548 bits per heavy atom. The molecule has 0 radical (unpaired) electrons. The van der Waals surface area contributed by atoms with E-state index in [2.05, 4.69) is 35.3 Å². The van der Waals surface area contributed by atoms with Crippen molar-refractivity contribution >= 4 is 34.0 Å². The third kappa shape index (κ3) is 3.29. The minimum absolute atomic E-state index is 0.504. The van der Waals surface area contributed by atoms with Crippen molar-refractivity contribution < 1.29 is 8.83 Å². The van der Waals surface area contributed by atoms with Crippen molar-refractivity contribution in [2.75, 3.05) is 0 Å². The van der Waals surface area contributed by atoms with E-state index >= 15 is 0 Å². The van der Waals surface area contributed by atoms with Gasteiger partial charge >= 0.3 is 0 Å². The zero-order valence-electron chi connectivity index (χ0n) is 16.4. The summed E-state index contributed by atoms with van der Waals surface area (Å²) in [5.74, 6) is 0. The smallest absolute Gasteiger partial charge is 0.266 e. The second-order valence-corrected chi connectivity index (χ2v) is 8.00. The SMILES string of the molecule is c1ccc(-c2ccc3oc(Sc4nc5ccccc5o4)nc3c2-c2ccccc2)cc1. The first-order chi connectivity index (χ1) is 15.3. The van der Waals surface area contributed by atoms with Gasteiger partial charge in [-0.05, 0) is 41.0 Å². The summed E-state index contributed by atoms with van der Waals surface area (Å²) in [6, 6.07) is 32.4. The van der Waals surface area contributed by atoms with Gasteiger partial charge in [-0.25, -0.2) is 9.97 Å². The quantitative estimate of drug-likeness (QED) is 0.296. The van der Waals surface area contributed by atoms with Crippen LogP contribution in [0.25, 0.3) is 44.5 Å². The van der Waals surface area contributed by atoms with Gasteiger partial charge in [0.25, 0.3) is 10.4 Å². The molecule has 0 N–H and O–H groups in total. The van der Waals surface area contributed by atoms with Crippen LogP contribution in [0.2, 0.25) is 0 Å². The molecule has 4 nitrogen and oxygen atoms in total. The van der Waals surface area contributed by atoms with Crippen molar-refractivity contribution in [2.24, 2.45) is 0 Å². The molecule has 6 rings (SSSR count). The Kier molecular flexibility index (Phi) is 4.32. The molecule has 0 aliphatic heterocycles. The van der Waals surface area contributed by atoms with Crippen molar-refractivity contribution in [3.63, 3.8) is 0 Å². The average Bonchev–Trinajstić information content (AvgIpc) is 3.42. The van der Waals surface area contributed by atoms with Gasteiger partial charge in [-0.15, -0.1) is 0 Å². The van der Waals surface area contributed by atoms with Gasteiger partial charge in [0.2, 0.25) is 0 Å². The molecule has 2 aromatic heterocycles. The highest BCUT2D eigenvalue weighted by atomic mass is 32.2. The van der Waals surface area contributed by atoms with Gasteiger partial charge < -0.3 is 8.83 Å². The molecule has 0 aliphatic rings. The number of hydrogen-bond acceptors (Lipinski definition) is 5. The number of fused-ring (bicyclic) bond motifs is 2. The predicted molar refractivity (Wildman–Crippen MR) is 123 cm³/mol. The second kappa shape index (κ2) is 7.45. The lowest BCUT2D eigenvalue weighted by Gasteiger charge is -2.10. The van der Waals surface area contributed by atoms with Crippen LogP contribution in [0.1, 0.15) is 0 Å². The number of hydrogen-bond donors (Lipinski definition) is 0. The van der Waals surface area contributed by atoms with E-state index in [1.165, 1.54) is 11.8 Å². The van der Waals surface area contributed by atoms with E-state index in [0.29, 0.717) is 10.4 Å². The Balaban J connectivity index is 1.50. The van der Waals surface area contributed by atoms with Crippen molar-refractivity contribution in [1.82, 2.24) is 9.97 Å². The molecule has 148 valence electrons. The van der Waals surface area contributed by atoms with Crippen molar-refractivity contribution in [1.29, 1.82) is 0 Å².